The second kappa shape index (κ2) is 9.37. The number of thioether (sulfide) groups is 1. The number of rotatable bonds is 8. The number of carbonyl (C=O) groups is 1. The molecule has 5 nitrogen and oxygen atoms in total. The van der Waals surface area contributed by atoms with Crippen LogP contribution in [0.25, 0.3) is 0 Å². The van der Waals surface area contributed by atoms with Gasteiger partial charge in [0, 0.05) is 19.2 Å². The molecule has 1 N–H and O–H groups in total. The lowest BCUT2D eigenvalue weighted by Crippen LogP contribution is -2.14. The summed E-state index contributed by atoms with van der Waals surface area (Å²) < 4.78 is 1.97. The Bertz CT molecular complexity index is 875. The first-order chi connectivity index (χ1) is 13.2. The maximum absolute atomic E-state index is 12.2. The molecule has 0 saturated heterocycles. The molecule has 0 bridgehead atoms. The van der Waals surface area contributed by atoms with Gasteiger partial charge in [0.15, 0.2) is 5.16 Å². The van der Waals surface area contributed by atoms with Crippen molar-refractivity contribution in [2.24, 2.45) is 7.05 Å². The summed E-state index contributed by atoms with van der Waals surface area (Å²) in [5.74, 6) is 1.19. The average Bonchev–Trinajstić information content (AvgIpc) is 3.06. The third-order valence-corrected chi connectivity index (χ3v) is 5.40. The highest BCUT2D eigenvalue weighted by Gasteiger charge is 2.11. The normalized spacial score (nSPS) is 10.7. The minimum atomic E-state index is -0.0434. The van der Waals surface area contributed by atoms with E-state index in [9.17, 15) is 4.79 Å². The van der Waals surface area contributed by atoms with Crippen LogP contribution in [0.2, 0.25) is 0 Å². The number of aromatic nitrogens is 3. The molecule has 0 atom stereocenters. The lowest BCUT2D eigenvalue weighted by atomic mass is 10.1. The van der Waals surface area contributed by atoms with Gasteiger partial charge in [-0.3, -0.25) is 4.79 Å². The van der Waals surface area contributed by atoms with Gasteiger partial charge >= 0.3 is 0 Å². The van der Waals surface area contributed by atoms with Crippen LogP contribution in [0.15, 0.2) is 59.8 Å². The summed E-state index contributed by atoms with van der Waals surface area (Å²) in [7, 11) is 1.95. The molecule has 0 aliphatic rings. The fourth-order valence-corrected chi connectivity index (χ4v) is 3.47. The Morgan fingerprint density at radius 1 is 1.00 bits per heavy atom. The predicted molar refractivity (Wildman–Crippen MR) is 110 cm³/mol. The van der Waals surface area contributed by atoms with Crippen molar-refractivity contribution in [3.05, 3.63) is 71.5 Å². The first-order valence-electron chi connectivity index (χ1n) is 9.09. The van der Waals surface area contributed by atoms with E-state index in [-0.39, 0.29) is 5.91 Å². The average molecular weight is 381 g/mol. The lowest BCUT2D eigenvalue weighted by molar-refractivity contribution is -0.113. The van der Waals surface area contributed by atoms with Crippen LogP contribution in [0.3, 0.4) is 0 Å². The van der Waals surface area contributed by atoms with Crippen LogP contribution in [0.1, 0.15) is 23.9 Å². The van der Waals surface area contributed by atoms with Crippen molar-refractivity contribution in [1.82, 2.24) is 14.8 Å². The van der Waals surface area contributed by atoms with E-state index in [0.29, 0.717) is 5.75 Å². The maximum Gasteiger partial charge on any atom is 0.234 e. The molecule has 0 aliphatic heterocycles. The standard InChI is InChI=1S/C21H24N4OS/c1-3-16-9-12-18(13-10-16)22-20(26)15-27-21-24-23-19(25(21)2)14-11-17-7-5-4-6-8-17/h4-10,12-13H,3,11,14-15H2,1-2H3,(H,22,26). The van der Waals surface area contributed by atoms with Gasteiger partial charge in [-0.1, -0.05) is 61.2 Å². The van der Waals surface area contributed by atoms with E-state index in [1.807, 2.05) is 54.1 Å². The third-order valence-electron chi connectivity index (χ3n) is 4.38. The monoisotopic (exact) mass is 380 g/mol. The minimum absolute atomic E-state index is 0.0434. The van der Waals surface area contributed by atoms with Gasteiger partial charge in [-0.25, -0.2) is 0 Å². The molecule has 1 amide bonds. The van der Waals surface area contributed by atoms with Crippen molar-refractivity contribution in [1.29, 1.82) is 0 Å². The second-order valence-corrected chi connectivity index (χ2v) is 7.27. The molecule has 3 rings (SSSR count). The molecule has 0 fully saturated rings. The number of hydrogen-bond donors (Lipinski definition) is 1. The third kappa shape index (κ3) is 5.44. The van der Waals surface area contributed by atoms with Crippen LogP contribution in [-0.2, 0) is 31.1 Å². The fourth-order valence-electron chi connectivity index (χ4n) is 2.74. The van der Waals surface area contributed by atoms with Crippen LogP contribution < -0.4 is 5.32 Å². The van der Waals surface area contributed by atoms with E-state index in [0.717, 1.165) is 35.9 Å². The first kappa shape index (κ1) is 19.2. The maximum atomic E-state index is 12.2. The summed E-state index contributed by atoms with van der Waals surface area (Å²) in [5, 5.41) is 12.2. The van der Waals surface area contributed by atoms with Gasteiger partial charge in [0.05, 0.1) is 5.75 Å². The molecule has 0 radical (unpaired) electrons. The van der Waals surface area contributed by atoms with E-state index >= 15 is 0 Å². The Balaban J connectivity index is 1.50. The Morgan fingerprint density at radius 2 is 1.74 bits per heavy atom. The van der Waals surface area contributed by atoms with Crippen molar-refractivity contribution in [2.75, 3.05) is 11.1 Å². The van der Waals surface area contributed by atoms with Crippen molar-refractivity contribution < 1.29 is 4.79 Å². The van der Waals surface area contributed by atoms with Gasteiger partial charge in [0.2, 0.25) is 5.91 Å². The summed E-state index contributed by atoms with van der Waals surface area (Å²) in [6, 6.07) is 18.3. The predicted octanol–water partition coefficient (Wildman–Crippen LogP) is 3.89. The van der Waals surface area contributed by atoms with Gasteiger partial charge in [-0.05, 0) is 36.1 Å². The molecular formula is C21H24N4OS. The Labute approximate surface area is 164 Å². The summed E-state index contributed by atoms with van der Waals surface area (Å²) in [4.78, 5) is 12.2. The molecule has 27 heavy (non-hydrogen) atoms. The molecule has 1 heterocycles. The van der Waals surface area contributed by atoms with Crippen LogP contribution in [0.4, 0.5) is 5.69 Å². The summed E-state index contributed by atoms with van der Waals surface area (Å²) in [6.07, 6.45) is 2.73. The Kier molecular flexibility index (Phi) is 6.65. The molecule has 140 valence electrons. The van der Waals surface area contributed by atoms with Crippen LogP contribution in [0.5, 0.6) is 0 Å². The molecular weight excluding hydrogens is 356 g/mol. The molecule has 0 spiro atoms. The molecule has 0 aliphatic carbocycles. The zero-order valence-corrected chi connectivity index (χ0v) is 16.5. The fraction of sp³-hybridized carbons (Fsp3) is 0.286. The van der Waals surface area contributed by atoms with E-state index in [2.05, 4.69) is 34.6 Å². The lowest BCUT2D eigenvalue weighted by Gasteiger charge is -2.06. The van der Waals surface area contributed by atoms with Crippen LogP contribution in [-0.4, -0.2) is 26.4 Å². The number of amides is 1. The summed E-state index contributed by atoms with van der Waals surface area (Å²) >= 11 is 1.40. The minimum Gasteiger partial charge on any atom is -0.325 e. The first-order valence-corrected chi connectivity index (χ1v) is 10.1. The van der Waals surface area contributed by atoms with Crippen molar-refractivity contribution in [2.45, 2.75) is 31.3 Å². The van der Waals surface area contributed by atoms with E-state index in [1.165, 1.54) is 22.9 Å². The molecule has 0 saturated carbocycles. The van der Waals surface area contributed by atoms with Gasteiger partial charge < -0.3 is 9.88 Å². The van der Waals surface area contributed by atoms with E-state index in [1.54, 1.807) is 0 Å². The number of nitrogens with one attached hydrogen (secondary N) is 1. The Hall–Kier alpha value is -2.60. The second-order valence-electron chi connectivity index (χ2n) is 6.33. The zero-order chi connectivity index (χ0) is 19.1. The number of hydrogen-bond acceptors (Lipinski definition) is 4. The van der Waals surface area contributed by atoms with Gasteiger partial charge in [-0.2, -0.15) is 0 Å². The zero-order valence-electron chi connectivity index (χ0n) is 15.7. The molecule has 1 aromatic heterocycles. The van der Waals surface area contributed by atoms with Crippen LogP contribution in [0, 0.1) is 0 Å². The summed E-state index contributed by atoms with van der Waals surface area (Å²) in [5.41, 5.74) is 3.35. The van der Waals surface area contributed by atoms with Gasteiger partial charge in [0.1, 0.15) is 5.82 Å². The number of anilines is 1. The molecule has 6 heteroatoms. The molecule has 2 aromatic carbocycles. The molecule has 3 aromatic rings. The molecule has 0 unspecified atom stereocenters. The van der Waals surface area contributed by atoms with Crippen molar-refractivity contribution >= 4 is 23.4 Å². The largest absolute Gasteiger partial charge is 0.325 e. The van der Waals surface area contributed by atoms with Crippen molar-refractivity contribution in [3.63, 3.8) is 0 Å². The van der Waals surface area contributed by atoms with Gasteiger partial charge in [0.25, 0.3) is 0 Å². The van der Waals surface area contributed by atoms with E-state index < -0.39 is 0 Å². The van der Waals surface area contributed by atoms with Crippen molar-refractivity contribution in [3.8, 4) is 0 Å². The smallest absolute Gasteiger partial charge is 0.234 e. The highest BCUT2D eigenvalue weighted by molar-refractivity contribution is 7.99. The SMILES string of the molecule is CCc1ccc(NC(=O)CSc2nnc(CCc3ccccc3)n2C)cc1. The number of benzene rings is 2. The highest BCUT2D eigenvalue weighted by Crippen LogP contribution is 2.17. The van der Waals surface area contributed by atoms with E-state index in [4.69, 9.17) is 0 Å². The topological polar surface area (TPSA) is 59.8 Å². The quantitative estimate of drug-likeness (QED) is 0.602. The highest BCUT2D eigenvalue weighted by atomic mass is 32.2. The number of nitrogens with zero attached hydrogens (tertiary/aromatic N) is 3. The van der Waals surface area contributed by atoms with Gasteiger partial charge in [-0.15, -0.1) is 10.2 Å². The Morgan fingerprint density at radius 3 is 2.44 bits per heavy atom. The van der Waals surface area contributed by atoms with Crippen LogP contribution >= 0.6 is 11.8 Å². The number of carbonyl (C=O) groups excluding carboxylic acids is 1. The number of aryl methyl sites for hydroxylation is 3. The summed E-state index contributed by atoms with van der Waals surface area (Å²) in [6.45, 7) is 2.11.